The van der Waals surface area contributed by atoms with Crippen molar-refractivity contribution < 1.29 is 9.59 Å². The fourth-order valence-corrected chi connectivity index (χ4v) is 1.68. The molecule has 1 rings (SSSR count). The molecule has 0 spiro atoms. The maximum Gasteiger partial charge on any atom is 0.294 e. The zero-order valence-electron chi connectivity index (χ0n) is 11.6. The van der Waals surface area contributed by atoms with Gasteiger partial charge < -0.3 is 4.90 Å². The molecule has 0 N–H and O–H groups in total. The average molecular weight is 247 g/mol. The first-order valence-corrected chi connectivity index (χ1v) is 6.34. The Balaban J connectivity index is 2.80. The minimum atomic E-state index is -0.424. The van der Waals surface area contributed by atoms with Crippen LogP contribution in [-0.4, -0.2) is 30.2 Å². The van der Waals surface area contributed by atoms with Crippen molar-refractivity contribution in [1.29, 1.82) is 0 Å². The van der Waals surface area contributed by atoms with E-state index in [9.17, 15) is 9.59 Å². The molecule has 3 heteroatoms. The molecule has 0 atom stereocenters. The molecule has 1 amide bonds. The molecule has 0 heterocycles. The van der Waals surface area contributed by atoms with Gasteiger partial charge in [-0.2, -0.15) is 0 Å². The van der Waals surface area contributed by atoms with E-state index in [-0.39, 0.29) is 0 Å². The van der Waals surface area contributed by atoms with Crippen molar-refractivity contribution in [1.82, 2.24) is 4.90 Å². The molecule has 0 aromatic heterocycles. The molecule has 98 valence electrons. The number of carbonyl (C=O) groups excluding carboxylic acids is 2. The maximum absolute atomic E-state index is 12.0. The number of Topliss-reactive ketones (excluding diaryl/α,β-unsaturated/α-hetero) is 1. The molecule has 0 aliphatic rings. The van der Waals surface area contributed by atoms with E-state index in [4.69, 9.17) is 0 Å². The predicted molar refractivity (Wildman–Crippen MR) is 72.8 cm³/mol. The molecule has 0 fully saturated rings. The first-order valence-electron chi connectivity index (χ1n) is 6.34. The van der Waals surface area contributed by atoms with Crippen molar-refractivity contribution in [3.8, 4) is 0 Å². The van der Waals surface area contributed by atoms with Crippen LogP contribution in [0, 0.1) is 13.8 Å². The van der Waals surface area contributed by atoms with E-state index in [0.717, 1.165) is 24.0 Å². The van der Waals surface area contributed by atoms with E-state index in [0.29, 0.717) is 12.1 Å². The van der Waals surface area contributed by atoms with Gasteiger partial charge in [0.1, 0.15) is 0 Å². The second-order valence-corrected chi connectivity index (χ2v) is 4.71. The zero-order chi connectivity index (χ0) is 13.7. The Morgan fingerprint density at radius 1 is 1.17 bits per heavy atom. The maximum atomic E-state index is 12.0. The molecular formula is C15H21NO2. The van der Waals surface area contributed by atoms with Gasteiger partial charge in [0.25, 0.3) is 5.91 Å². The molecule has 0 saturated carbocycles. The third-order valence-electron chi connectivity index (χ3n) is 3.16. The Hall–Kier alpha value is -1.64. The van der Waals surface area contributed by atoms with Gasteiger partial charge in [-0.05, 0) is 37.5 Å². The summed E-state index contributed by atoms with van der Waals surface area (Å²) in [5.74, 6) is -0.844. The Kier molecular flexibility index (Phi) is 5.08. The van der Waals surface area contributed by atoms with E-state index in [1.54, 1.807) is 19.2 Å². The van der Waals surface area contributed by atoms with Crippen molar-refractivity contribution in [2.24, 2.45) is 0 Å². The van der Waals surface area contributed by atoms with Gasteiger partial charge in [0.15, 0.2) is 0 Å². The van der Waals surface area contributed by atoms with Crippen LogP contribution in [0.2, 0.25) is 0 Å². The van der Waals surface area contributed by atoms with Gasteiger partial charge >= 0.3 is 0 Å². The van der Waals surface area contributed by atoms with Gasteiger partial charge in [-0.3, -0.25) is 9.59 Å². The Morgan fingerprint density at radius 2 is 1.83 bits per heavy atom. The summed E-state index contributed by atoms with van der Waals surface area (Å²) in [5.41, 5.74) is 2.63. The minimum absolute atomic E-state index is 0.420. The number of hydrogen-bond donors (Lipinski definition) is 0. The number of likely N-dealkylation sites (N-methyl/N-ethyl adjacent to an activating group) is 1. The SMILES string of the molecule is CCCCN(C)C(=O)C(=O)c1ccc(C)c(C)c1. The lowest BCUT2D eigenvalue weighted by atomic mass is 10.0. The van der Waals surface area contributed by atoms with Crippen LogP contribution in [0.5, 0.6) is 0 Å². The predicted octanol–water partition coefficient (Wildman–Crippen LogP) is 2.74. The second-order valence-electron chi connectivity index (χ2n) is 4.71. The van der Waals surface area contributed by atoms with E-state index < -0.39 is 11.7 Å². The van der Waals surface area contributed by atoms with E-state index in [1.165, 1.54) is 4.90 Å². The molecule has 0 radical (unpaired) electrons. The van der Waals surface area contributed by atoms with Crippen LogP contribution in [0.4, 0.5) is 0 Å². The summed E-state index contributed by atoms with van der Waals surface area (Å²) in [4.78, 5) is 25.4. The third kappa shape index (κ3) is 3.42. The fourth-order valence-electron chi connectivity index (χ4n) is 1.68. The summed E-state index contributed by atoms with van der Waals surface area (Å²) in [7, 11) is 1.68. The number of rotatable bonds is 5. The monoisotopic (exact) mass is 247 g/mol. The summed E-state index contributed by atoms with van der Waals surface area (Å²) < 4.78 is 0. The van der Waals surface area contributed by atoms with Crippen LogP contribution < -0.4 is 0 Å². The Labute approximate surface area is 109 Å². The van der Waals surface area contributed by atoms with Crippen LogP contribution >= 0.6 is 0 Å². The number of benzene rings is 1. The summed E-state index contributed by atoms with van der Waals surface area (Å²) in [6, 6.07) is 5.38. The summed E-state index contributed by atoms with van der Waals surface area (Å²) in [5, 5.41) is 0. The zero-order valence-corrected chi connectivity index (χ0v) is 11.6. The summed E-state index contributed by atoms with van der Waals surface area (Å²) >= 11 is 0. The van der Waals surface area contributed by atoms with Crippen LogP contribution in [0.3, 0.4) is 0 Å². The topological polar surface area (TPSA) is 37.4 Å². The molecule has 0 unspecified atom stereocenters. The fraction of sp³-hybridized carbons (Fsp3) is 0.467. The highest BCUT2D eigenvalue weighted by Gasteiger charge is 2.20. The molecule has 0 saturated heterocycles. The summed E-state index contributed by atoms with van der Waals surface area (Å²) in [6.07, 6.45) is 1.93. The second kappa shape index (κ2) is 6.34. The number of ketones is 1. The number of unbranched alkanes of at least 4 members (excludes halogenated alkanes) is 1. The largest absolute Gasteiger partial charge is 0.339 e. The molecular weight excluding hydrogens is 226 g/mol. The number of hydrogen-bond acceptors (Lipinski definition) is 2. The highest BCUT2D eigenvalue weighted by molar-refractivity contribution is 6.42. The van der Waals surface area contributed by atoms with E-state index in [1.807, 2.05) is 19.9 Å². The third-order valence-corrected chi connectivity index (χ3v) is 3.16. The first kappa shape index (κ1) is 14.4. The lowest BCUT2D eigenvalue weighted by Crippen LogP contribution is -2.34. The van der Waals surface area contributed by atoms with Crippen LogP contribution in [-0.2, 0) is 4.79 Å². The quantitative estimate of drug-likeness (QED) is 0.592. The molecule has 3 nitrogen and oxygen atoms in total. The molecule has 0 aliphatic heterocycles. The standard InChI is InChI=1S/C15H21NO2/c1-5-6-9-16(4)15(18)14(17)13-8-7-11(2)12(3)10-13/h7-8,10H,5-6,9H2,1-4H3. The Morgan fingerprint density at radius 3 is 2.39 bits per heavy atom. The lowest BCUT2D eigenvalue weighted by molar-refractivity contribution is -0.125. The van der Waals surface area contributed by atoms with Crippen LogP contribution in [0.1, 0.15) is 41.3 Å². The molecule has 0 bridgehead atoms. The number of carbonyl (C=O) groups is 2. The highest BCUT2D eigenvalue weighted by atomic mass is 16.2. The lowest BCUT2D eigenvalue weighted by Gasteiger charge is -2.15. The minimum Gasteiger partial charge on any atom is -0.339 e. The summed E-state index contributed by atoms with van der Waals surface area (Å²) in [6.45, 7) is 6.62. The molecule has 1 aromatic carbocycles. The highest BCUT2D eigenvalue weighted by Crippen LogP contribution is 2.11. The van der Waals surface area contributed by atoms with Crippen LogP contribution in [0.25, 0.3) is 0 Å². The van der Waals surface area contributed by atoms with Gasteiger partial charge in [-0.25, -0.2) is 0 Å². The molecule has 0 aliphatic carbocycles. The first-order chi connectivity index (χ1) is 8.47. The van der Waals surface area contributed by atoms with Gasteiger partial charge in [-0.15, -0.1) is 0 Å². The van der Waals surface area contributed by atoms with Gasteiger partial charge in [0.05, 0.1) is 0 Å². The normalized spacial score (nSPS) is 10.2. The number of aryl methyl sites for hydroxylation is 2. The van der Waals surface area contributed by atoms with Crippen molar-refractivity contribution in [2.45, 2.75) is 33.6 Å². The van der Waals surface area contributed by atoms with Gasteiger partial charge in [-0.1, -0.05) is 25.5 Å². The van der Waals surface area contributed by atoms with E-state index >= 15 is 0 Å². The van der Waals surface area contributed by atoms with E-state index in [2.05, 4.69) is 6.92 Å². The van der Waals surface area contributed by atoms with Crippen molar-refractivity contribution in [3.05, 3.63) is 34.9 Å². The Bertz CT molecular complexity index is 452. The average Bonchev–Trinajstić information content (AvgIpc) is 2.37. The number of amides is 1. The molecule has 1 aromatic rings. The van der Waals surface area contributed by atoms with Gasteiger partial charge in [0.2, 0.25) is 5.78 Å². The van der Waals surface area contributed by atoms with Crippen molar-refractivity contribution in [2.75, 3.05) is 13.6 Å². The molecule has 18 heavy (non-hydrogen) atoms. The van der Waals surface area contributed by atoms with Crippen LogP contribution in [0.15, 0.2) is 18.2 Å². The van der Waals surface area contributed by atoms with Crippen molar-refractivity contribution >= 4 is 11.7 Å². The van der Waals surface area contributed by atoms with Crippen molar-refractivity contribution in [3.63, 3.8) is 0 Å². The smallest absolute Gasteiger partial charge is 0.294 e. The number of nitrogens with zero attached hydrogens (tertiary/aromatic N) is 1. The van der Waals surface area contributed by atoms with Gasteiger partial charge in [0, 0.05) is 19.2 Å².